The van der Waals surface area contributed by atoms with E-state index in [1.54, 1.807) is 24.3 Å². The molecule has 1 heteroatoms. The van der Waals surface area contributed by atoms with Gasteiger partial charge >= 0.3 is 0 Å². The molecular weight excluding hydrogens is 544 g/mol. The number of rotatable bonds is 4. The number of benzene rings is 8. The third kappa shape index (κ3) is 4.17. The molecule has 0 unspecified atom stereocenters. The van der Waals surface area contributed by atoms with Gasteiger partial charge in [-0.25, -0.2) is 0 Å². The maximum absolute atomic E-state index is 9.26. The van der Waals surface area contributed by atoms with E-state index in [4.69, 9.17) is 14.0 Å². The van der Waals surface area contributed by atoms with E-state index >= 15 is 0 Å². The molecule has 0 aliphatic carbocycles. The van der Waals surface area contributed by atoms with E-state index in [-0.39, 0.29) is 52.9 Å². The Hall–Kier alpha value is -5.92. The van der Waals surface area contributed by atoms with Crippen LogP contribution in [0.5, 0.6) is 0 Å². The summed E-state index contributed by atoms with van der Waals surface area (Å²) in [5.74, 6) is 0. The number of hydrogen-bond acceptors (Lipinski definition) is 1. The van der Waals surface area contributed by atoms with E-state index in [2.05, 4.69) is 0 Å². The molecule has 0 aliphatic rings. The number of para-hydroxylation sites is 1. The summed E-state index contributed by atoms with van der Waals surface area (Å²) in [6.07, 6.45) is 0. The lowest BCUT2D eigenvalue weighted by Gasteiger charge is -2.18. The van der Waals surface area contributed by atoms with Crippen LogP contribution in [0.15, 0.2) is 174 Å². The molecule has 1 heterocycles. The number of furan rings is 1. The molecule has 9 aromatic rings. The number of fused-ring (bicyclic) bond motifs is 5. The van der Waals surface area contributed by atoms with Crippen LogP contribution in [0.3, 0.4) is 0 Å². The normalized spacial score (nSPS) is 14.4. The van der Waals surface area contributed by atoms with Gasteiger partial charge in [-0.3, -0.25) is 0 Å². The molecule has 0 fully saturated rings. The second kappa shape index (κ2) is 10.4. The maximum atomic E-state index is 9.26. The van der Waals surface area contributed by atoms with Gasteiger partial charge in [0.25, 0.3) is 0 Å². The molecule has 0 atom stereocenters. The summed E-state index contributed by atoms with van der Waals surface area (Å²) in [6.45, 7) is 0. The van der Waals surface area contributed by atoms with E-state index in [0.717, 1.165) is 43.4 Å². The molecule has 0 aliphatic heterocycles. The Bertz CT molecular complexity index is 2930. The molecule has 0 radical (unpaired) electrons. The predicted molar refractivity (Wildman–Crippen MR) is 190 cm³/mol. The van der Waals surface area contributed by atoms with E-state index in [0.29, 0.717) is 27.9 Å². The molecule has 0 N–H and O–H groups in total. The minimum Gasteiger partial charge on any atom is -0.455 e. The minimum absolute atomic E-state index is 0.0736. The highest BCUT2D eigenvalue weighted by Gasteiger charge is 2.18. The first kappa shape index (κ1) is 18.0. The van der Waals surface area contributed by atoms with Crippen molar-refractivity contribution < 1.29 is 16.8 Å². The second-order valence-corrected chi connectivity index (χ2v) is 11.0. The SMILES string of the molecule is [2H]c1c([2H])c([2H])c(-c2cccc3c2oc2ccc(-c4c5ccccc5c(-c5c([2H])c([2H])c(-c6ccccc6)c([2H])c5[2H])c5ccccc45)cc23)c([2H])c1[2H]. The second-order valence-electron chi connectivity index (χ2n) is 11.0. The standard InChI is InChI=1S/C44H28O/c1-3-12-29(13-4-1)30-22-24-32(25-23-30)42-35-16-7-9-18-37(35)43(38-19-10-8-17-36(38)42)33-26-27-41-40(28-33)39-21-11-20-34(44(39)45-41)31-14-5-2-6-15-31/h1-28H/i2D,5D,6D,14D,15D,22D,23D,24D,25D. The lowest BCUT2D eigenvalue weighted by Crippen LogP contribution is -1.91. The zero-order valence-electron chi connectivity index (χ0n) is 32.9. The van der Waals surface area contributed by atoms with Gasteiger partial charge in [0.1, 0.15) is 11.2 Å². The molecule has 0 spiro atoms. The van der Waals surface area contributed by atoms with Crippen LogP contribution in [-0.2, 0) is 0 Å². The predicted octanol–water partition coefficient (Wildman–Crippen LogP) is 12.6. The smallest absolute Gasteiger partial charge is 0.143 e. The van der Waals surface area contributed by atoms with Crippen molar-refractivity contribution in [3.05, 3.63) is 170 Å². The van der Waals surface area contributed by atoms with Gasteiger partial charge in [-0.15, -0.1) is 0 Å². The summed E-state index contributed by atoms with van der Waals surface area (Å²) < 4.78 is 84.8. The van der Waals surface area contributed by atoms with E-state index in [1.165, 1.54) is 0 Å². The van der Waals surface area contributed by atoms with Crippen molar-refractivity contribution in [3.63, 3.8) is 0 Å². The first-order valence-corrected chi connectivity index (χ1v) is 14.7. The minimum atomic E-state index is -0.456. The quantitative estimate of drug-likeness (QED) is 0.188. The summed E-state index contributed by atoms with van der Waals surface area (Å²) >= 11 is 0. The highest BCUT2D eigenvalue weighted by molar-refractivity contribution is 6.22. The van der Waals surface area contributed by atoms with E-state index < -0.39 is 18.1 Å². The van der Waals surface area contributed by atoms with E-state index in [9.17, 15) is 2.74 Å². The maximum Gasteiger partial charge on any atom is 0.143 e. The van der Waals surface area contributed by atoms with Crippen molar-refractivity contribution in [1.82, 2.24) is 0 Å². The summed E-state index contributed by atoms with van der Waals surface area (Å²) in [5.41, 5.74) is 4.99. The van der Waals surface area contributed by atoms with Crippen LogP contribution in [-0.4, -0.2) is 0 Å². The summed E-state index contributed by atoms with van der Waals surface area (Å²) in [7, 11) is 0. The lowest BCUT2D eigenvalue weighted by molar-refractivity contribution is 0.670. The summed E-state index contributed by atoms with van der Waals surface area (Å²) in [6, 6.07) is 33.6. The number of hydrogen-bond donors (Lipinski definition) is 0. The fraction of sp³-hybridized carbons (Fsp3) is 0. The molecule has 45 heavy (non-hydrogen) atoms. The Morgan fingerprint density at radius 2 is 0.956 bits per heavy atom. The van der Waals surface area contributed by atoms with Crippen molar-refractivity contribution in [2.75, 3.05) is 0 Å². The Balaban J connectivity index is 1.31. The Morgan fingerprint density at radius 1 is 0.378 bits per heavy atom. The van der Waals surface area contributed by atoms with Crippen LogP contribution in [0.2, 0.25) is 0 Å². The molecule has 0 bridgehead atoms. The first-order chi connectivity index (χ1) is 26.1. The molecule has 9 rings (SSSR count). The van der Waals surface area contributed by atoms with Crippen molar-refractivity contribution in [2.45, 2.75) is 0 Å². The van der Waals surface area contributed by atoms with Gasteiger partial charge in [-0.2, -0.15) is 0 Å². The van der Waals surface area contributed by atoms with E-state index in [1.807, 2.05) is 91.0 Å². The molecule has 1 aromatic heterocycles. The van der Waals surface area contributed by atoms with Crippen molar-refractivity contribution >= 4 is 43.5 Å². The van der Waals surface area contributed by atoms with Gasteiger partial charge in [0, 0.05) is 16.3 Å². The van der Waals surface area contributed by atoms with Crippen LogP contribution in [0.1, 0.15) is 12.3 Å². The Morgan fingerprint density at radius 3 is 1.62 bits per heavy atom. The van der Waals surface area contributed by atoms with Crippen molar-refractivity contribution in [3.8, 4) is 44.5 Å². The van der Waals surface area contributed by atoms with Crippen LogP contribution < -0.4 is 0 Å². The molecule has 0 saturated heterocycles. The highest BCUT2D eigenvalue weighted by Crippen LogP contribution is 2.45. The summed E-state index contributed by atoms with van der Waals surface area (Å²) in [4.78, 5) is 0. The molecule has 8 aromatic carbocycles. The topological polar surface area (TPSA) is 13.1 Å². The fourth-order valence-corrected chi connectivity index (χ4v) is 6.43. The fourth-order valence-electron chi connectivity index (χ4n) is 6.43. The average Bonchev–Trinajstić information content (AvgIpc) is 3.57. The highest BCUT2D eigenvalue weighted by atomic mass is 16.3. The zero-order valence-corrected chi connectivity index (χ0v) is 23.9. The van der Waals surface area contributed by atoms with Crippen molar-refractivity contribution in [1.29, 1.82) is 0 Å². The average molecular weight is 582 g/mol. The third-order valence-electron chi connectivity index (χ3n) is 8.42. The molecule has 0 saturated carbocycles. The van der Waals surface area contributed by atoms with Gasteiger partial charge in [0.15, 0.2) is 0 Å². The van der Waals surface area contributed by atoms with Crippen LogP contribution in [0.4, 0.5) is 0 Å². The van der Waals surface area contributed by atoms with Crippen molar-refractivity contribution in [2.24, 2.45) is 0 Å². The molecule has 210 valence electrons. The van der Waals surface area contributed by atoms with Gasteiger partial charge in [0.2, 0.25) is 0 Å². The van der Waals surface area contributed by atoms with Gasteiger partial charge in [0.05, 0.1) is 12.3 Å². The first-order valence-electron chi connectivity index (χ1n) is 19.2. The van der Waals surface area contributed by atoms with Gasteiger partial charge in [-0.05, 0) is 72.6 Å². The Kier molecular flexibility index (Phi) is 4.15. The Labute approximate surface area is 274 Å². The molecule has 1 nitrogen and oxygen atoms in total. The van der Waals surface area contributed by atoms with Crippen LogP contribution >= 0.6 is 0 Å². The largest absolute Gasteiger partial charge is 0.455 e. The summed E-state index contributed by atoms with van der Waals surface area (Å²) in [5, 5.41) is 4.79. The third-order valence-corrected chi connectivity index (χ3v) is 8.42. The lowest BCUT2D eigenvalue weighted by atomic mass is 9.85. The van der Waals surface area contributed by atoms with Gasteiger partial charge < -0.3 is 4.42 Å². The van der Waals surface area contributed by atoms with Gasteiger partial charge in [-0.1, -0.05) is 158 Å². The monoisotopic (exact) mass is 581 g/mol. The van der Waals surface area contributed by atoms with Crippen LogP contribution in [0, 0.1) is 0 Å². The zero-order chi connectivity index (χ0) is 37.6. The molecular formula is C44H28O. The molecule has 0 amide bonds. The van der Waals surface area contributed by atoms with Crippen LogP contribution in [0.25, 0.3) is 88.0 Å².